The molecule has 0 aliphatic carbocycles. The highest BCUT2D eigenvalue weighted by Crippen LogP contribution is 2.21. The summed E-state index contributed by atoms with van der Waals surface area (Å²) in [7, 11) is 0. The van der Waals surface area contributed by atoms with Crippen LogP contribution >= 0.6 is 0 Å². The number of hydrogen-bond acceptors (Lipinski definition) is 2. The van der Waals surface area contributed by atoms with Crippen LogP contribution in [-0.4, -0.2) is 21.3 Å². The Bertz CT molecular complexity index is 551. The Morgan fingerprint density at radius 3 is 2.67 bits per heavy atom. The highest BCUT2D eigenvalue weighted by molar-refractivity contribution is 5.76. The lowest BCUT2D eigenvalue weighted by Gasteiger charge is -2.07. The van der Waals surface area contributed by atoms with Gasteiger partial charge >= 0.3 is 0 Å². The minimum Gasteiger partial charge on any atom is -0.396 e. The molecule has 0 unspecified atom stereocenters. The third-order valence-electron chi connectivity index (χ3n) is 2.88. The Morgan fingerprint density at radius 1 is 1.28 bits per heavy atom. The lowest BCUT2D eigenvalue weighted by atomic mass is 10.3. The van der Waals surface area contributed by atoms with Crippen LogP contribution in [0.2, 0.25) is 0 Å². The van der Waals surface area contributed by atoms with E-state index in [1.807, 2.05) is 11.5 Å². The highest BCUT2D eigenvalue weighted by atomic mass is 19.2. The molecule has 98 valence electrons. The summed E-state index contributed by atoms with van der Waals surface area (Å²) >= 11 is 0. The van der Waals surface area contributed by atoms with Crippen molar-refractivity contribution in [2.45, 2.75) is 32.7 Å². The minimum absolute atomic E-state index is 0.0644. The zero-order valence-corrected chi connectivity index (χ0v) is 10.3. The fraction of sp³-hybridized carbons (Fsp3) is 0.462. The molecule has 0 spiro atoms. The Balaban J connectivity index is 2.53. The van der Waals surface area contributed by atoms with Gasteiger partial charge in [-0.05, 0) is 12.8 Å². The van der Waals surface area contributed by atoms with E-state index in [-0.39, 0.29) is 6.61 Å². The van der Waals surface area contributed by atoms with Crippen molar-refractivity contribution in [1.29, 1.82) is 0 Å². The van der Waals surface area contributed by atoms with Gasteiger partial charge in [0.15, 0.2) is 11.6 Å². The summed E-state index contributed by atoms with van der Waals surface area (Å²) < 4.78 is 28.3. The van der Waals surface area contributed by atoms with Gasteiger partial charge in [0, 0.05) is 31.7 Å². The van der Waals surface area contributed by atoms with Crippen LogP contribution in [0, 0.1) is 11.6 Å². The topological polar surface area (TPSA) is 38.0 Å². The van der Waals surface area contributed by atoms with Crippen molar-refractivity contribution in [3.8, 4) is 0 Å². The molecular formula is C13H16F2N2O. The monoisotopic (exact) mass is 254 g/mol. The van der Waals surface area contributed by atoms with E-state index in [9.17, 15) is 8.78 Å². The second-order valence-corrected chi connectivity index (χ2v) is 4.26. The van der Waals surface area contributed by atoms with E-state index in [4.69, 9.17) is 5.11 Å². The van der Waals surface area contributed by atoms with Gasteiger partial charge in [-0.2, -0.15) is 0 Å². The number of aliphatic hydroxyl groups is 1. The van der Waals surface area contributed by atoms with Crippen LogP contribution in [-0.2, 0) is 13.0 Å². The summed E-state index contributed by atoms with van der Waals surface area (Å²) in [5, 5.41) is 8.89. The molecule has 1 aromatic heterocycles. The van der Waals surface area contributed by atoms with E-state index in [0.717, 1.165) is 24.7 Å². The number of imidazole rings is 1. The molecule has 1 aromatic carbocycles. The van der Waals surface area contributed by atoms with Crippen LogP contribution in [0.1, 0.15) is 25.6 Å². The zero-order chi connectivity index (χ0) is 13.1. The maximum Gasteiger partial charge on any atom is 0.161 e. The second kappa shape index (κ2) is 5.44. The molecule has 0 aliphatic rings. The Kier molecular flexibility index (Phi) is 3.91. The van der Waals surface area contributed by atoms with Gasteiger partial charge in [-0.3, -0.25) is 0 Å². The molecule has 0 fully saturated rings. The molecule has 0 bridgehead atoms. The number of aromatic nitrogens is 2. The molecule has 0 saturated carbocycles. The molecule has 0 aliphatic heterocycles. The van der Waals surface area contributed by atoms with Crippen LogP contribution in [0.15, 0.2) is 12.1 Å². The summed E-state index contributed by atoms with van der Waals surface area (Å²) in [6.45, 7) is 2.65. The third-order valence-corrected chi connectivity index (χ3v) is 2.88. The lowest BCUT2D eigenvalue weighted by molar-refractivity contribution is 0.280. The average Bonchev–Trinajstić information content (AvgIpc) is 2.65. The highest BCUT2D eigenvalue weighted by Gasteiger charge is 2.13. The van der Waals surface area contributed by atoms with Crippen molar-refractivity contribution in [1.82, 2.24) is 9.55 Å². The molecule has 1 heterocycles. The lowest BCUT2D eigenvalue weighted by Crippen LogP contribution is -2.05. The van der Waals surface area contributed by atoms with Gasteiger partial charge in [0.1, 0.15) is 5.82 Å². The maximum absolute atomic E-state index is 13.3. The Labute approximate surface area is 104 Å². The van der Waals surface area contributed by atoms with Crippen molar-refractivity contribution < 1.29 is 13.9 Å². The number of fused-ring (bicyclic) bond motifs is 1. The summed E-state index contributed by atoms with van der Waals surface area (Å²) in [6.07, 6.45) is 2.23. The van der Waals surface area contributed by atoms with Crippen LogP contribution in [0.4, 0.5) is 8.78 Å². The molecule has 5 heteroatoms. The first-order valence-corrected chi connectivity index (χ1v) is 6.12. The van der Waals surface area contributed by atoms with Gasteiger partial charge in [-0.15, -0.1) is 0 Å². The van der Waals surface area contributed by atoms with Crippen molar-refractivity contribution in [2.75, 3.05) is 6.61 Å². The molecule has 0 atom stereocenters. The largest absolute Gasteiger partial charge is 0.396 e. The number of halogens is 2. The SMILES string of the molecule is CCCc1nc2cc(F)c(F)cc2n1CCCO. The molecule has 2 aromatic rings. The summed E-state index contributed by atoms with van der Waals surface area (Å²) in [6, 6.07) is 2.30. The molecule has 0 saturated heterocycles. The standard InChI is InChI=1S/C13H16F2N2O/c1-2-4-13-16-11-7-9(14)10(15)8-12(11)17(13)5-3-6-18/h7-8,18H,2-6H2,1H3. The van der Waals surface area contributed by atoms with Crippen molar-refractivity contribution in [2.24, 2.45) is 0 Å². The second-order valence-electron chi connectivity index (χ2n) is 4.26. The van der Waals surface area contributed by atoms with E-state index >= 15 is 0 Å². The molecule has 1 N–H and O–H groups in total. The first-order valence-electron chi connectivity index (χ1n) is 6.12. The zero-order valence-electron chi connectivity index (χ0n) is 10.3. The summed E-state index contributed by atoms with van der Waals surface area (Å²) in [5.41, 5.74) is 1.06. The van der Waals surface area contributed by atoms with Crippen molar-refractivity contribution in [3.05, 3.63) is 29.6 Å². The molecule has 2 rings (SSSR count). The predicted molar refractivity (Wildman–Crippen MR) is 65.3 cm³/mol. The normalized spacial score (nSPS) is 11.3. The number of nitrogens with zero attached hydrogens (tertiary/aromatic N) is 2. The fourth-order valence-electron chi connectivity index (χ4n) is 2.06. The van der Waals surface area contributed by atoms with Gasteiger partial charge in [0.2, 0.25) is 0 Å². The number of rotatable bonds is 5. The van der Waals surface area contributed by atoms with E-state index < -0.39 is 11.6 Å². The molecule has 0 radical (unpaired) electrons. The Morgan fingerprint density at radius 2 is 2.00 bits per heavy atom. The smallest absolute Gasteiger partial charge is 0.161 e. The predicted octanol–water partition coefficient (Wildman–Crippen LogP) is 2.65. The number of hydrogen-bond donors (Lipinski definition) is 1. The maximum atomic E-state index is 13.3. The van der Waals surface area contributed by atoms with Gasteiger partial charge in [0.05, 0.1) is 11.0 Å². The summed E-state index contributed by atoms with van der Waals surface area (Å²) in [4.78, 5) is 4.33. The third kappa shape index (κ3) is 2.36. The van der Waals surface area contributed by atoms with Gasteiger partial charge in [-0.1, -0.05) is 6.92 Å². The van der Waals surface area contributed by atoms with E-state index in [2.05, 4.69) is 4.98 Å². The van der Waals surface area contributed by atoms with Crippen LogP contribution in [0.25, 0.3) is 11.0 Å². The van der Waals surface area contributed by atoms with Gasteiger partial charge in [-0.25, -0.2) is 13.8 Å². The van der Waals surface area contributed by atoms with Gasteiger partial charge < -0.3 is 9.67 Å². The molecule has 3 nitrogen and oxygen atoms in total. The van der Waals surface area contributed by atoms with Crippen molar-refractivity contribution >= 4 is 11.0 Å². The molecular weight excluding hydrogens is 238 g/mol. The van der Waals surface area contributed by atoms with Crippen LogP contribution < -0.4 is 0 Å². The fourth-order valence-corrected chi connectivity index (χ4v) is 2.06. The number of aryl methyl sites for hydroxylation is 2. The number of benzene rings is 1. The molecule has 0 amide bonds. The van der Waals surface area contributed by atoms with Gasteiger partial charge in [0.25, 0.3) is 0 Å². The van der Waals surface area contributed by atoms with Crippen molar-refractivity contribution in [3.63, 3.8) is 0 Å². The van der Waals surface area contributed by atoms with E-state index in [0.29, 0.717) is 24.0 Å². The average molecular weight is 254 g/mol. The van der Waals surface area contributed by atoms with Crippen LogP contribution in [0.3, 0.4) is 0 Å². The summed E-state index contributed by atoms with van der Waals surface area (Å²) in [5.74, 6) is -0.931. The van der Waals surface area contributed by atoms with E-state index in [1.165, 1.54) is 6.07 Å². The first-order chi connectivity index (χ1) is 8.67. The Hall–Kier alpha value is -1.49. The quantitative estimate of drug-likeness (QED) is 0.890. The first kappa shape index (κ1) is 13.0. The number of aliphatic hydroxyl groups excluding tert-OH is 1. The minimum atomic E-state index is -0.877. The van der Waals surface area contributed by atoms with E-state index in [1.54, 1.807) is 0 Å². The molecule has 18 heavy (non-hydrogen) atoms. The van der Waals surface area contributed by atoms with Crippen LogP contribution in [0.5, 0.6) is 0 Å².